The zero-order valence-electron chi connectivity index (χ0n) is 13.9. The third kappa shape index (κ3) is 3.50. The molecule has 2 aromatic carbocycles. The van der Waals surface area contributed by atoms with Gasteiger partial charge in [0.25, 0.3) is 0 Å². The molecule has 2 N–H and O–H groups in total. The molecule has 1 aliphatic rings. The number of anilines is 1. The summed E-state index contributed by atoms with van der Waals surface area (Å²) < 4.78 is 5.83. The van der Waals surface area contributed by atoms with Gasteiger partial charge in [0.05, 0.1) is 0 Å². The van der Waals surface area contributed by atoms with Crippen LogP contribution in [0.5, 0.6) is 0 Å². The molecule has 0 bridgehead atoms. The van der Waals surface area contributed by atoms with Gasteiger partial charge in [-0.3, -0.25) is 9.59 Å². The van der Waals surface area contributed by atoms with Gasteiger partial charge in [0.2, 0.25) is 11.8 Å². The molecule has 1 saturated carbocycles. The summed E-state index contributed by atoms with van der Waals surface area (Å²) in [6.07, 6.45) is 3.01. The summed E-state index contributed by atoms with van der Waals surface area (Å²) in [5.74, 6) is 0.274. The highest BCUT2D eigenvalue weighted by molar-refractivity contribution is 6.06. The molecule has 0 aliphatic heterocycles. The summed E-state index contributed by atoms with van der Waals surface area (Å²) in [6.45, 7) is 0.547. The van der Waals surface area contributed by atoms with Gasteiger partial charge in [-0.25, -0.2) is 0 Å². The molecule has 1 aliphatic carbocycles. The van der Waals surface area contributed by atoms with Crippen molar-refractivity contribution in [3.63, 3.8) is 0 Å². The lowest BCUT2D eigenvalue weighted by Crippen LogP contribution is -2.26. The zero-order valence-corrected chi connectivity index (χ0v) is 13.9. The second-order valence-electron chi connectivity index (χ2n) is 6.53. The number of carbonyl (C=O) groups excluding carboxylic acids is 2. The van der Waals surface area contributed by atoms with Crippen molar-refractivity contribution in [1.29, 1.82) is 0 Å². The highest BCUT2D eigenvalue weighted by atomic mass is 16.3. The van der Waals surface area contributed by atoms with E-state index in [0.29, 0.717) is 19.4 Å². The Morgan fingerprint density at radius 2 is 1.84 bits per heavy atom. The lowest BCUT2D eigenvalue weighted by Gasteiger charge is -2.06. The van der Waals surface area contributed by atoms with E-state index < -0.39 is 0 Å². The Morgan fingerprint density at radius 3 is 2.68 bits per heavy atom. The molecular formula is C20H20N2O3. The number of furan rings is 1. The Balaban J connectivity index is 1.34. The second-order valence-corrected chi connectivity index (χ2v) is 6.53. The number of benzene rings is 2. The predicted molar refractivity (Wildman–Crippen MR) is 97.3 cm³/mol. The zero-order chi connectivity index (χ0) is 17.2. The van der Waals surface area contributed by atoms with Crippen LogP contribution in [0.4, 0.5) is 5.69 Å². The van der Waals surface area contributed by atoms with Crippen molar-refractivity contribution < 1.29 is 14.0 Å². The Morgan fingerprint density at radius 1 is 1.04 bits per heavy atom. The summed E-state index contributed by atoms with van der Waals surface area (Å²) in [7, 11) is 0. The molecule has 0 spiro atoms. The normalized spacial score (nSPS) is 13.9. The van der Waals surface area contributed by atoms with Crippen LogP contribution in [0.1, 0.15) is 25.7 Å². The van der Waals surface area contributed by atoms with Crippen molar-refractivity contribution in [2.24, 2.45) is 5.92 Å². The number of carbonyl (C=O) groups is 2. The number of rotatable bonds is 6. The van der Waals surface area contributed by atoms with Crippen LogP contribution in [0.25, 0.3) is 21.9 Å². The van der Waals surface area contributed by atoms with Crippen molar-refractivity contribution >= 4 is 39.4 Å². The van der Waals surface area contributed by atoms with E-state index >= 15 is 0 Å². The van der Waals surface area contributed by atoms with Crippen molar-refractivity contribution in [2.45, 2.75) is 25.7 Å². The summed E-state index contributed by atoms with van der Waals surface area (Å²) in [4.78, 5) is 23.6. The van der Waals surface area contributed by atoms with Crippen molar-refractivity contribution in [1.82, 2.24) is 5.32 Å². The maximum atomic E-state index is 12.1. The SMILES string of the molecule is O=C(CCCNC(=O)C1CC1)Nc1ccc2c(c1)oc1ccccc12. The molecule has 0 unspecified atom stereocenters. The highest BCUT2D eigenvalue weighted by Gasteiger charge is 2.28. The lowest BCUT2D eigenvalue weighted by atomic mass is 10.1. The van der Waals surface area contributed by atoms with Crippen LogP contribution in [0.15, 0.2) is 46.9 Å². The van der Waals surface area contributed by atoms with Crippen LogP contribution >= 0.6 is 0 Å². The van der Waals surface area contributed by atoms with Crippen molar-refractivity contribution in [3.8, 4) is 0 Å². The fraction of sp³-hybridized carbons (Fsp3) is 0.300. The van der Waals surface area contributed by atoms with Gasteiger partial charge >= 0.3 is 0 Å². The van der Waals surface area contributed by atoms with Gasteiger partial charge in [0.1, 0.15) is 11.2 Å². The van der Waals surface area contributed by atoms with Gasteiger partial charge in [-0.15, -0.1) is 0 Å². The van der Waals surface area contributed by atoms with Crippen LogP contribution in [0, 0.1) is 5.92 Å². The van der Waals surface area contributed by atoms with E-state index in [-0.39, 0.29) is 17.7 Å². The first-order chi connectivity index (χ1) is 12.2. The van der Waals surface area contributed by atoms with E-state index in [0.717, 1.165) is 40.5 Å². The van der Waals surface area contributed by atoms with Crippen LogP contribution in [-0.4, -0.2) is 18.4 Å². The number of hydrogen-bond acceptors (Lipinski definition) is 3. The summed E-state index contributed by atoms with van der Waals surface area (Å²) in [5.41, 5.74) is 2.32. The minimum absolute atomic E-state index is 0.0591. The fourth-order valence-electron chi connectivity index (χ4n) is 2.98. The Kier molecular flexibility index (Phi) is 4.14. The second kappa shape index (κ2) is 6.59. The molecular weight excluding hydrogens is 316 g/mol. The average molecular weight is 336 g/mol. The number of nitrogens with one attached hydrogen (secondary N) is 2. The van der Waals surface area contributed by atoms with E-state index in [2.05, 4.69) is 10.6 Å². The molecule has 4 rings (SSSR count). The number of amides is 2. The van der Waals surface area contributed by atoms with Crippen molar-refractivity contribution in [2.75, 3.05) is 11.9 Å². The standard InChI is InChI=1S/C20H20N2O3/c23-19(6-3-11-21-20(24)13-7-8-13)22-14-9-10-16-15-4-1-2-5-17(15)25-18(16)12-14/h1-2,4-5,9-10,12-13H,3,6-8,11H2,(H,21,24)(H,22,23). The van der Waals surface area contributed by atoms with Gasteiger partial charge in [-0.05, 0) is 37.5 Å². The third-order valence-corrected chi connectivity index (χ3v) is 4.49. The number of hydrogen-bond donors (Lipinski definition) is 2. The molecule has 0 atom stereocenters. The summed E-state index contributed by atoms with van der Waals surface area (Å²) in [5, 5.41) is 7.87. The van der Waals surface area contributed by atoms with E-state index in [1.165, 1.54) is 0 Å². The lowest BCUT2D eigenvalue weighted by molar-refractivity contribution is -0.122. The van der Waals surface area contributed by atoms with Gasteiger partial charge in [-0.1, -0.05) is 18.2 Å². The molecule has 0 radical (unpaired) electrons. The van der Waals surface area contributed by atoms with E-state index in [9.17, 15) is 9.59 Å². The predicted octanol–water partition coefficient (Wildman–Crippen LogP) is 3.83. The molecule has 1 fully saturated rings. The first-order valence-electron chi connectivity index (χ1n) is 8.69. The van der Waals surface area contributed by atoms with E-state index in [1.807, 2.05) is 42.5 Å². The van der Waals surface area contributed by atoms with Gasteiger partial charge < -0.3 is 15.1 Å². The minimum Gasteiger partial charge on any atom is -0.456 e. The Hall–Kier alpha value is -2.82. The highest BCUT2D eigenvalue weighted by Crippen LogP contribution is 2.30. The van der Waals surface area contributed by atoms with Crippen molar-refractivity contribution in [3.05, 3.63) is 42.5 Å². The van der Waals surface area contributed by atoms with Gasteiger partial charge in [0.15, 0.2) is 0 Å². The van der Waals surface area contributed by atoms with Gasteiger partial charge in [0, 0.05) is 41.4 Å². The average Bonchev–Trinajstić information content (AvgIpc) is 3.39. The molecule has 25 heavy (non-hydrogen) atoms. The third-order valence-electron chi connectivity index (χ3n) is 4.49. The first-order valence-corrected chi connectivity index (χ1v) is 8.69. The van der Waals surface area contributed by atoms with Gasteiger partial charge in [-0.2, -0.15) is 0 Å². The topological polar surface area (TPSA) is 71.3 Å². The molecule has 1 heterocycles. The molecule has 5 heteroatoms. The molecule has 2 amide bonds. The number of para-hydroxylation sites is 1. The molecule has 128 valence electrons. The molecule has 5 nitrogen and oxygen atoms in total. The Labute approximate surface area is 145 Å². The van der Waals surface area contributed by atoms with Crippen LogP contribution in [-0.2, 0) is 9.59 Å². The smallest absolute Gasteiger partial charge is 0.224 e. The minimum atomic E-state index is -0.0591. The Bertz CT molecular complexity index is 940. The molecule has 1 aromatic heterocycles. The van der Waals surface area contributed by atoms with Crippen LogP contribution in [0.3, 0.4) is 0 Å². The maximum Gasteiger partial charge on any atom is 0.224 e. The summed E-state index contributed by atoms with van der Waals surface area (Å²) >= 11 is 0. The van der Waals surface area contributed by atoms with E-state index in [1.54, 1.807) is 0 Å². The largest absolute Gasteiger partial charge is 0.456 e. The monoisotopic (exact) mass is 336 g/mol. The summed E-state index contributed by atoms with van der Waals surface area (Å²) in [6, 6.07) is 13.6. The van der Waals surface area contributed by atoms with Crippen LogP contribution < -0.4 is 10.6 Å². The number of fused-ring (bicyclic) bond motifs is 3. The quantitative estimate of drug-likeness (QED) is 0.672. The molecule has 0 saturated heterocycles. The fourth-order valence-corrected chi connectivity index (χ4v) is 2.98. The molecule has 3 aromatic rings. The van der Waals surface area contributed by atoms with E-state index in [4.69, 9.17) is 4.42 Å². The first kappa shape index (κ1) is 15.7. The maximum absolute atomic E-state index is 12.1. The van der Waals surface area contributed by atoms with Crippen LogP contribution in [0.2, 0.25) is 0 Å².